The Labute approximate surface area is 129 Å². The SMILES string of the molecule is CCNCc1ccc(C)c(-c2cccc(CC(C)C)c2)c1. The Bertz CT molecular complexity index is 584. The summed E-state index contributed by atoms with van der Waals surface area (Å²) < 4.78 is 0. The summed E-state index contributed by atoms with van der Waals surface area (Å²) in [6, 6.07) is 15.8. The highest BCUT2D eigenvalue weighted by Crippen LogP contribution is 2.26. The Morgan fingerprint density at radius 1 is 1.00 bits per heavy atom. The van der Waals surface area contributed by atoms with E-state index in [0.717, 1.165) is 19.5 Å². The van der Waals surface area contributed by atoms with Gasteiger partial charge in [-0.1, -0.05) is 57.2 Å². The van der Waals surface area contributed by atoms with E-state index in [1.165, 1.54) is 27.8 Å². The third-order valence-electron chi connectivity index (χ3n) is 3.76. The number of rotatable bonds is 6. The standard InChI is InChI=1S/C20H27N/c1-5-21-14-18-10-9-16(4)20(13-18)19-8-6-7-17(12-19)11-15(2)3/h6-10,12-13,15,21H,5,11,14H2,1-4H3. The molecule has 0 unspecified atom stereocenters. The first kappa shape index (κ1) is 15.8. The molecule has 1 N–H and O–H groups in total. The van der Waals surface area contributed by atoms with Crippen molar-refractivity contribution in [2.75, 3.05) is 6.54 Å². The molecular weight excluding hydrogens is 254 g/mol. The lowest BCUT2D eigenvalue weighted by Crippen LogP contribution is -2.11. The van der Waals surface area contributed by atoms with Crippen molar-refractivity contribution in [1.82, 2.24) is 5.32 Å². The minimum absolute atomic E-state index is 0.696. The molecule has 0 aliphatic rings. The van der Waals surface area contributed by atoms with Gasteiger partial charge in [-0.25, -0.2) is 0 Å². The van der Waals surface area contributed by atoms with Crippen LogP contribution in [0.5, 0.6) is 0 Å². The zero-order valence-electron chi connectivity index (χ0n) is 13.7. The average Bonchev–Trinajstić information content (AvgIpc) is 2.46. The molecule has 21 heavy (non-hydrogen) atoms. The van der Waals surface area contributed by atoms with Crippen LogP contribution < -0.4 is 5.32 Å². The van der Waals surface area contributed by atoms with Crippen molar-refractivity contribution in [3.8, 4) is 11.1 Å². The molecule has 2 rings (SSSR count). The van der Waals surface area contributed by atoms with E-state index in [-0.39, 0.29) is 0 Å². The van der Waals surface area contributed by atoms with Gasteiger partial charge in [-0.15, -0.1) is 0 Å². The van der Waals surface area contributed by atoms with Gasteiger partial charge in [0.15, 0.2) is 0 Å². The summed E-state index contributed by atoms with van der Waals surface area (Å²) in [4.78, 5) is 0. The second-order valence-electron chi connectivity index (χ2n) is 6.23. The van der Waals surface area contributed by atoms with Crippen molar-refractivity contribution in [2.45, 2.75) is 40.7 Å². The van der Waals surface area contributed by atoms with Crippen LogP contribution >= 0.6 is 0 Å². The molecule has 2 aromatic carbocycles. The van der Waals surface area contributed by atoms with Gasteiger partial charge in [0.1, 0.15) is 0 Å². The second kappa shape index (κ2) is 7.42. The van der Waals surface area contributed by atoms with Crippen molar-refractivity contribution in [1.29, 1.82) is 0 Å². The normalized spacial score (nSPS) is 11.1. The highest BCUT2D eigenvalue weighted by atomic mass is 14.8. The minimum atomic E-state index is 0.696. The highest BCUT2D eigenvalue weighted by Gasteiger charge is 2.05. The number of hydrogen-bond acceptors (Lipinski definition) is 1. The summed E-state index contributed by atoms with van der Waals surface area (Å²) in [5, 5.41) is 3.40. The molecule has 0 saturated carbocycles. The first-order valence-electron chi connectivity index (χ1n) is 7.99. The third-order valence-corrected chi connectivity index (χ3v) is 3.76. The Balaban J connectivity index is 2.31. The fourth-order valence-electron chi connectivity index (χ4n) is 2.70. The first-order valence-corrected chi connectivity index (χ1v) is 7.99. The van der Waals surface area contributed by atoms with Crippen LogP contribution in [0.4, 0.5) is 0 Å². The van der Waals surface area contributed by atoms with Crippen molar-refractivity contribution < 1.29 is 0 Å². The largest absolute Gasteiger partial charge is 0.313 e. The molecule has 0 aliphatic carbocycles. The Morgan fingerprint density at radius 2 is 1.81 bits per heavy atom. The zero-order chi connectivity index (χ0) is 15.2. The Hall–Kier alpha value is -1.60. The van der Waals surface area contributed by atoms with Crippen molar-refractivity contribution in [2.24, 2.45) is 5.92 Å². The number of hydrogen-bond donors (Lipinski definition) is 1. The van der Waals surface area contributed by atoms with Crippen molar-refractivity contribution >= 4 is 0 Å². The van der Waals surface area contributed by atoms with Crippen LogP contribution in [0.25, 0.3) is 11.1 Å². The maximum absolute atomic E-state index is 3.40. The Morgan fingerprint density at radius 3 is 2.52 bits per heavy atom. The molecule has 0 spiro atoms. The molecule has 112 valence electrons. The fraction of sp³-hybridized carbons (Fsp3) is 0.400. The van der Waals surface area contributed by atoms with E-state index in [1.807, 2.05) is 0 Å². The first-order chi connectivity index (χ1) is 10.1. The molecular formula is C20H27N. The van der Waals surface area contributed by atoms with E-state index >= 15 is 0 Å². The zero-order valence-corrected chi connectivity index (χ0v) is 13.7. The molecule has 0 bridgehead atoms. The molecule has 0 fully saturated rings. The molecule has 1 nitrogen and oxygen atoms in total. The number of aryl methyl sites for hydroxylation is 1. The van der Waals surface area contributed by atoms with Crippen molar-refractivity contribution in [3.63, 3.8) is 0 Å². The summed E-state index contributed by atoms with van der Waals surface area (Å²) in [5.41, 5.74) is 6.82. The molecule has 0 heterocycles. The molecule has 2 aromatic rings. The molecule has 0 radical (unpaired) electrons. The lowest BCUT2D eigenvalue weighted by molar-refractivity contribution is 0.647. The van der Waals surface area contributed by atoms with E-state index in [1.54, 1.807) is 0 Å². The van der Waals surface area contributed by atoms with E-state index < -0.39 is 0 Å². The van der Waals surface area contributed by atoms with Gasteiger partial charge in [-0.2, -0.15) is 0 Å². The van der Waals surface area contributed by atoms with Crippen LogP contribution in [-0.4, -0.2) is 6.54 Å². The summed E-state index contributed by atoms with van der Waals surface area (Å²) in [6.45, 7) is 10.8. The van der Waals surface area contributed by atoms with Gasteiger partial charge in [-0.05, 0) is 59.7 Å². The van der Waals surface area contributed by atoms with Crippen LogP contribution in [0.2, 0.25) is 0 Å². The smallest absolute Gasteiger partial charge is 0.0205 e. The van der Waals surface area contributed by atoms with Crippen LogP contribution in [-0.2, 0) is 13.0 Å². The fourth-order valence-corrected chi connectivity index (χ4v) is 2.70. The number of benzene rings is 2. The lowest BCUT2D eigenvalue weighted by atomic mass is 9.94. The van der Waals surface area contributed by atoms with E-state index in [0.29, 0.717) is 5.92 Å². The maximum atomic E-state index is 3.40. The van der Waals surface area contributed by atoms with Gasteiger partial charge in [0.05, 0.1) is 0 Å². The van der Waals surface area contributed by atoms with Gasteiger partial charge in [0.25, 0.3) is 0 Å². The average molecular weight is 281 g/mol. The minimum Gasteiger partial charge on any atom is -0.313 e. The van der Waals surface area contributed by atoms with Gasteiger partial charge in [0, 0.05) is 6.54 Å². The van der Waals surface area contributed by atoms with Gasteiger partial charge < -0.3 is 5.32 Å². The molecule has 1 heteroatoms. The topological polar surface area (TPSA) is 12.0 Å². The van der Waals surface area contributed by atoms with Crippen LogP contribution in [0, 0.1) is 12.8 Å². The summed E-state index contributed by atoms with van der Waals surface area (Å²) in [7, 11) is 0. The van der Waals surface area contributed by atoms with Gasteiger partial charge in [-0.3, -0.25) is 0 Å². The summed E-state index contributed by atoms with van der Waals surface area (Å²) in [5.74, 6) is 0.696. The van der Waals surface area contributed by atoms with Gasteiger partial charge >= 0.3 is 0 Å². The number of nitrogens with one attached hydrogen (secondary N) is 1. The predicted octanol–water partition coefficient (Wildman–Crippen LogP) is 4.97. The molecule has 0 aliphatic heterocycles. The molecule has 0 amide bonds. The monoisotopic (exact) mass is 281 g/mol. The van der Waals surface area contributed by atoms with Crippen LogP contribution in [0.1, 0.15) is 37.5 Å². The predicted molar refractivity (Wildman–Crippen MR) is 92.5 cm³/mol. The second-order valence-corrected chi connectivity index (χ2v) is 6.23. The lowest BCUT2D eigenvalue weighted by Gasteiger charge is -2.12. The summed E-state index contributed by atoms with van der Waals surface area (Å²) in [6.07, 6.45) is 1.14. The summed E-state index contributed by atoms with van der Waals surface area (Å²) >= 11 is 0. The van der Waals surface area contributed by atoms with Crippen molar-refractivity contribution in [3.05, 3.63) is 59.2 Å². The molecule has 0 saturated heterocycles. The van der Waals surface area contributed by atoms with E-state index in [9.17, 15) is 0 Å². The quantitative estimate of drug-likeness (QED) is 0.788. The third kappa shape index (κ3) is 4.44. The van der Waals surface area contributed by atoms with Crippen LogP contribution in [0.15, 0.2) is 42.5 Å². The van der Waals surface area contributed by atoms with Gasteiger partial charge in [0.2, 0.25) is 0 Å². The van der Waals surface area contributed by atoms with E-state index in [4.69, 9.17) is 0 Å². The molecule has 0 aromatic heterocycles. The van der Waals surface area contributed by atoms with Crippen LogP contribution in [0.3, 0.4) is 0 Å². The highest BCUT2D eigenvalue weighted by molar-refractivity contribution is 5.68. The van der Waals surface area contributed by atoms with E-state index in [2.05, 4.69) is 75.5 Å². The Kier molecular flexibility index (Phi) is 5.58. The molecule has 0 atom stereocenters. The maximum Gasteiger partial charge on any atom is 0.0205 e.